The van der Waals surface area contributed by atoms with Crippen molar-refractivity contribution in [3.8, 4) is 0 Å². The molecule has 3 aliphatic rings. The van der Waals surface area contributed by atoms with Gasteiger partial charge in [0, 0.05) is 26.7 Å². The van der Waals surface area contributed by atoms with Gasteiger partial charge in [0.05, 0.1) is 11.3 Å². The number of benzene rings is 4. The first-order valence-corrected chi connectivity index (χ1v) is 11.9. The van der Waals surface area contributed by atoms with Crippen LogP contribution in [0.15, 0.2) is 96.6 Å². The molecular formula is C30H16Cl2O2. The molecule has 2 atom stereocenters. The van der Waals surface area contributed by atoms with Crippen molar-refractivity contribution in [1.29, 1.82) is 0 Å². The molecule has 4 aromatic carbocycles. The molecule has 0 amide bonds. The van der Waals surface area contributed by atoms with Gasteiger partial charge in [-0.25, -0.2) is 0 Å². The van der Waals surface area contributed by atoms with Crippen LogP contribution in [0.5, 0.6) is 0 Å². The third kappa shape index (κ3) is 2.28. The number of rotatable bonds is 1. The van der Waals surface area contributed by atoms with Crippen LogP contribution in [0.4, 0.5) is 0 Å². The van der Waals surface area contributed by atoms with Crippen LogP contribution in [0.1, 0.15) is 54.5 Å². The van der Waals surface area contributed by atoms with Crippen LogP contribution in [-0.4, -0.2) is 11.6 Å². The van der Waals surface area contributed by atoms with E-state index in [0.29, 0.717) is 26.7 Å². The number of carbonyl (C=O) groups is 2. The van der Waals surface area contributed by atoms with Gasteiger partial charge in [-0.2, -0.15) is 0 Å². The van der Waals surface area contributed by atoms with Gasteiger partial charge < -0.3 is 0 Å². The van der Waals surface area contributed by atoms with Gasteiger partial charge in [0.25, 0.3) is 0 Å². The topological polar surface area (TPSA) is 34.1 Å². The van der Waals surface area contributed by atoms with Crippen molar-refractivity contribution in [2.75, 3.05) is 0 Å². The Morgan fingerprint density at radius 1 is 0.647 bits per heavy atom. The summed E-state index contributed by atoms with van der Waals surface area (Å²) in [5.41, 5.74) is 6.27. The van der Waals surface area contributed by atoms with Gasteiger partial charge in [0.15, 0.2) is 11.6 Å². The molecule has 2 unspecified atom stereocenters. The second-order valence-electron chi connectivity index (χ2n) is 9.01. The van der Waals surface area contributed by atoms with E-state index < -0.39 is 11.3 Å². The third-order valence-corrected chi connectivity index (χ3v) is 8.01. The SMILES string of the molecule is O=C1C2=C(c3ccccc31)c1ccc(Cl)cc1C1C(=O)c3ccccc3C21c1ccc(Cl)cc1. The molecule has 0 N–H and O–H groups in total. The molecule has 7 rings (SSSR count). The summed E-state index contributed by atoms with van der Waals surface area (Å²) in [6.45, 7) is 0. The lowest BCUT2D eigenvalue weighted by Gasteiger charge is -2.42. The molecule has 0 radical (unpaired) electrons. The van der Waals surface area contributed by atoms with Crippen molar-refractivity contribution in [2.24, 2.45) is 0 Å². The summed E-state index contributed by atoms with van der Waals surface area (Å²) in [5, 5.41) is 1.16. The van der Waals surface area contributed by atoms with Gasteiger partial charge in [0.1, 0.15) is 0 Å². The largest absolute Gasteiger partial charge is 0.293 e. The smallest absolute Gasteiger partial charge is 0.191 e. The van der Waals surface area contributed by atoms with Crippen LogP contribution in [0, 0.1) is 0 Å². The highest BCUT2D eigenvalue weighted by Crippen LogP contribution is 2.64. The van der Waals surface area contributed by atoms with Crippen molar-refractivity contribution < 1.29 is 9.59 Å². The van der Waals surface area contributed by atoms with E-state index in [2.05, 4.69) is 0 Å². The normalized spacial score (nSPS) is 21.6. The maximum atomic E-state index is 14.2. The van der Waals surface area contributed by atoms with E-state index in [4.69, 9.17) is 23.2 Å². The second kappa shape index (κ2) is 6.79. The molecular weight excluding hydrogens is 463 g/mol. The van der Waals surface area contributed by atoms with Gasteiger partial charge in [0.2, 0.25) is 0 Å². The van der Waals surface area contributed by atoms with E-state index in [1.54, 1.807) is 0 Å². The first kappa shape index (κ1) is 20.0. The molecule has 4 heteroatoms. The van der Waals surface area contributed by atoms with Gasteiger partial charge in [-0.1, -0.05) is 89.9 Å². The van der Waals surface area contributed by atoms with Gasteiger partial charge in [-0.05, 0) is 57.7 Å². The predicted molar refractivity (Wildman–Crippen MR) is 134 cm³/mol. The molecule has 2 nitrogen and oxygen atoms in total. The second-order valence-corrected chi connectivity index (χ2v) is 9.89. The molecule has 0 saturated heterocycles. The van der Waals surface area contributed by atoms with E-state index in [1.807, 2.05) is 91.0 Å². The summed E-state index contributed by atoms with van der Waals surface area (Å²) in [4.78, 5) is 28.3. The molecule has 0 bridgehead atoms. The summed E-state index contributed by atoms with van der Waals surface area (Å²) < 4.78 is 0. The summed E-state index contributed by atoms with van der Waals surface area (Å²) in [6.07, 6.45) is 0. The zero-order chi connectivity index (χ0) is 23.2. The van der Waals surface area contributed by atoms with Crippen molar-refractivity contribution in [2.45, 2.75) is 11.3 Å². The zero-order valence-corrected chi connectivity index (χ0v) is 19.3. The van der Waals surface area contributed by atoms with E-state index in [9.17, 15) is 9.59 Å². The summed E-state index contributed by atoms with van der Waals surface area (Å²) >= 11 is 12.8. The Balaban J connectivity index is 1.72. The molecule has 4 aromatic rings. The Hall–Kier alpha value is -3.46. The number of ketones is 2. The number of halogens is 2. The lowest BCUT2D eigenvalue weighted by molar-refractivity contribution is 0.0949. The minimum absolute atomic E-state index is 0.00405. The van der Waals surface area contributed by atoms with Crippen LogP contribution < -0.4 is 0 Å². The fraction of sp³-hybridized carbons (Fsp3) is 0.0667. The molecule has 162 valence electrons. The minimum atomic E-state index is -0.971. The maximum absolute atomic E-state index is 14.2. The lowest BCUT2D eigenvalue weighted by Crippen LogP contribution is -2.40. The fourth-order valence-electron chi connectivity index (χ4n) is 6.32. The molecule has 34 heavy (non-hydrogen) atoms. The molecule has 0 aliphatic heterocycles. The first-order chi connectivity index (χ1) is 16.5. The standard InChI is InChI=1S/C30H16Cl2O2/c31-17-11-9-16(10-12-17)30-24-8-4-3-7-22(24)29(34)26(30)23-15-18(32)13-14-20(23)25-19-5-1-2-6-21(19)28(33)27(25)30/h1-15,26H. The molecule has 0 spiro atoms. The molecule has 0 fully saturated rings. The zero-order valence-electron chi connectivity index (χ0n) is 17.8. The molecule has 0 saturated carbocycles. The lowest BCUT2D eigenvalue weighted by atomic mass is 9.57. The third-order valence-electron chi connectivity index (χ3n) is 7.52. The first-order valence-electron chi connectivity index (χ1n) is 11.1. The van der Waals surface area contributed by atoms with Crippen LogP contribution >= 0.6 is 23.2 Å². The summed E-state index contributed by atoms with van der Waals surface area (Å²) in [5.74, 6) is -0.628. The van der Waals surface area contributed by atoms with E-state index in [-0.39, 0.29) is 11.6 Å². The van der Waals surface area contributed by atoms with Gasteiger partial charge in [-0.3, -0.25) is 9.59 Å². The average molecular weight is 479 g/mol. The van der Waals surface area contributed by atoms with Gasteiger partial charge in [-0.15, -0.1) is 0 Å². The highest BCUT2D eigenvalue weighted by atomic mass is 35.5. The average Bonchev–Trinajstić information content (AvgIpc) is 3.30. The van der Waals surface area contributed by atoms with Crippen molar-refractivity contribution in [3.05, 3.63) is 146 Å². The Bertz CT molecular complexity index is 1610. The van der Waals surface area contributed by atoms with Crippen molar-refractivity contribution in [3.63, 3.8) is 0 Å². The van der Waals surface area contributed by atoms with Crippen molar-refractivity contribution >= 4 is 40.3 Å². The Morgan fingerprint density at radius 2 is 1.29 bits per heavy atom. The monoisotopic (exact) mass is 478 g/mol. The predicted octanol–water partition coefficient (Wildman–Crippen LogP) is 7.27. The van der Waals surface area contributed by atoms with E-state index >= 15 is 0 Å². The molecule has 3 aliphatic carbocycles. The van der Waals surface area contributed by atoms with Crippen molar-refractivity contribution in [1.82, 2.24) is 0 Å². The Labute approximate surface area is 206 Å². The highest BCUT2D eigenvalue weighted by molar-refractivity contribution is 6.32. The summed E-state index contributed by atoms with van der Waals surface area (Å²) in [7, 11) is 0. The fourth-order valence-corrected chi connectivity index (χ4v) is 6.63. The van der Waals surface area contributed by atoms with Gasteiger partial charge >= 0.3 is 0 Å². The van der Waals surface area contributed by atoms with E-state index in [1.165, 1.54) is 0 Å². The van der Waals surface area contributed by atoms with Crippen LogP contribution in [0.3, 0.4) is 0 Å². The van der Waals surface area contributed by atoms with Crippen LogP contribution in [0.25, 0.3) is 5.57 Å². The number of allylic oxidation sites excluding steroid dienone is 1. The summed E-state index contributed by atoms with van der Waals surface area (Å²) in [6, 6.07) is 28.6. The van der Waals surface area contributed by atoms with E-state index in [0.717, 1.165) is 33.4 Å². The number of carbonyl (C=O) groups excluding carboxylic acids is 2. The Morgan fingerprint density at radius 3 is 2.06 bits per heavy atom. The number of hydrogen-bond acceptors (Lipinski definition) is 2. The van der Waals surface area contributed by atoms with Crippen LogP contribution in [0.2, 0.25) is 10.0 Å². The molecule has 0 heterocycles. The number of fused-ring (bicyclic) bond motifs is 9. The van der Waals surface area contributed by atoms with Crippen LogP contribution in [-0.2, 0) is 5.41 Å². The number of Topliss-reactive ketones (excluding diaryl/α,β-unsaturated/α-hetero) is 2. The highest BCUT2D eigenvalue weighted by Gasteiger charge is 2.62. The minimum Gasteiger partial charge on any atom is -0.293 e. The quantitative estimate of drug-likeness (QED) is 0.288. The number of hydrogen-bond donors (Lipinski definition) is 0. The Kier molecular flexibility index (Phi) is 3.98. The molecule has 0 aromatic heterocycles. The maximum Gasteiger partial charge on any atom is 0.191 e.